The van der Waals surface area contributed by atoms with Gasteiger partial charge < -0.3 is 15.0 Å². The van der Waals surface area contributed by atoms with E-state index in [0.29, 0.717) is 6.04 Å². The lowest BCUT2D eigenvalue weighted by atomic mass is 10.1. The van der Waals surface area contributed by atoms with Gasteiger partial charge in [0.05, 0.1) is 6.61 Å². The van der Waals surface area contributed by atoms with Gasteiger partial charge in [0.1, 0.15) is 0 Å². The van der Waals surface area contributed by atoms with E-state index in [1.54, 1.807) is 0 Å². The Morgan fingerprint density at radius 2 is 2.20 bits per heavy atom. The van der Waals surface area contributed by atoms with E-state index in [4.69, 9.17) is 4.74 Å². The van der Waals surface area contributed by atoms with Gasteiger partial charge in [0, 0.05) is 37.0 Å². The number of rotatable bonds is 5. The lowest BCUT2D eigenvalue weighted by Crippen LogP contribution is -2.31. The lowest BCUT2D eigenvalue weighted by Gasteiger charge is -2.24. The third kappa shape index (κ3) is 3.73. The summed E-state index contributed by atoms with van der Waals surface area (Å²) in [5.74, 6) is 0.0959. The number of amides is 1. The van der Waals surface area contributed by atoms with Crippen molar-refractivity contribution in [2.45, 2.75) is 32.7 Å². The topological polar surface area (TPSA) is 41.6 Å². The molecule has 0 saturated carbocycles. The van der Waals surface area contributed by atoms with E-state index in [1.165, 1.54) is 0 Å². The molecule has 0 radical (unpaired) electrons. The highest BCUT2D eigenvalue weighted by Crippen LogP contribution is 2.17. The van der Waals surface area contributed by atoms with Gasteiger partial charge in [-0.2, -0.15) is 0 Å². The minimum absolute atomic E-state index is 0.0959. The normalized spacial score (nSPS) is 18.6. The third-order valence-electron chi connectivity index (χ3n) is 3.69. The fourth-order valence-electron chi connectivity index (χ4n) is 2.53. The lowest BCUT2D eigenvalue weighted by molar-refractivity contribution is 0.0773. The first-order chi connectivity index (χ1) is 9.74. The highest BCUT2D eigenvalue weighted by Gasteiger charge is 2.15. The van der Waals surface area contributed by atoms with Crippen molar-refractivity contribution in [1.29, 1.82) is 0 Å². The molecule has 1 aliphatic heterocycles. The molecule has 1 aromatic carbocycles. The Morgan fingerprint density at radius 1 is 1.40 bits per heavy atom. The van der Waals surface area contributed by atoms with Crippen molar-refractivity contribution < 1.29 is 9.53 Å². The molecule has 0 aromatic heterocycles. The predicted octanol–water partition coefficient (Wildman–Crippen LogP) is 2.76. The van der Waals surface area contributed by atoms with Crippen molar-refractivity contribution in [3.05, 3.63) is 29.8 Å². The highest BCUT2D eigenvalue weighted by molar-refractivity contribution is 5.95. The monoisotopic (exact) mass is 276 g/mol. The van der Waals surface area contributed by atoms with Gasteiger partial charge in [0.25, 0.3) is 5.91 Å². The van der Waals surface area contributed by atoms with Gasteiger partial charge in [-0.25, -0.2) is 0 Å². The molecule has 1 saturated heterocycles. The molecule has 1 amide bonds. The second-order valence-electron chi connectivity index (χ2n) is 5.12. The van der Waals surface area contributed by atoms with E-state index in [1.807, 2.05) is 43.0 Å². The van der Waals surface area contributed by atoms with Gasteiger partial charge in [0.15, 0.2) is 0 Å². The maximum Gasteiger partial charge on any atom is 0.253 e. The Labute approximate surface area is 121 Å². The first-order valence-corrected chi connectivity index (χ1v) is 7.48. The fraction of sp³-hybridized carbons (Fsp3) is 0.562. The van der Waals surface area contributed by atoms with Crippen LogP contribution in [0.5, 0.6) is 0 Å². The average Bonchev–Trinajstić information content (AvgIpc) is 2.49. The molecule has 1 heterocycles. The van der Waals surface area contributed by atoms with E-state index in [0.717, 1.165) is 50.4 Å². The van der Waals surface area contributed by atoms with Gasteiger partial charge in [-0.3, -0.25) is 4.79 Å². The Hall–Kier alpha value is -1.55. The molecule has 1 unspecified atom stereocenters. The molecule has 0 bridgehead atoms. The van der Waals surface area contributed by atoms with E-state index in [2.05, 4.69) is 5.32 Å². The molecule has 110 valence electrons. The number of hydrogen-bond donors (Lipinski definition) is 1. The number of anilines is 1. The standard InChI is InChI=1S/C16H24N2O2/c1-3-18(4-2)16(19)13-7-5-8-14(11-13)17-15-9-6-10-20-12-15/h5,7-8,11,15,17H,3-4,6,9-10,12H2,1-2H3. The number of hydrogen-bond acceptors (Lipinski definition) is 3. The third-order valence-corrected chi connectivity index (χ3v) is 3.69. The second-order valence-corrected chi connectivity index (χ2v) is 5.12. The zero-order valence-corrected chi connectivity index (χ0v) is 12.4. The Balaban J connectivity index is 2.05. The molecule has 4 heteroatoms. The van der Waals surface area contributed by atoms with Gasteiger partial charge in [0.2, 0.25) is 0 Å². The molecule has 1 aromatic rings. The predicted molar refractivity (Wildman–Crippen MR) is 81.2 cm³/mol. The minimum atomic E-state index is 0.0959. The molecule has 1 N–H and O–H groups in total. The average molecular weight is 276 g/mol. The first-order valence-electron chi connectivity index (χ1n) is 7.48. The van der Waals surface area contributed by atoms with Gasteiger partial charge in [-0.05, 0) is 44.9 Å². The van der Waals surface area contributed by atoms with Crippen LogP contribution in [0.4, 0.5) is 5.69 Å². The summed E-state index contributed by atoms with van der Waals surface area (Å²) in [6.45, 7) is 7.09. The number of ether oxygens (including phenoxy) is 1. The van der Waals surface area contributed by atoms with Crippen LogP contribution in [0.2, 0.25) is 0 Å². The Bertz CT molecular complexity index is 438. The minimum Gasteiger partial charge on any atom is -0.380 e. The van der Waals surface area contributed by atoms with Crippen LogP contribution >= 0.6 is 0 Å². The summed E-state index contributed by atoms with van der Waals surface area (Å²) in [6.07, 6.45) is 2.21. The molecule has 20 heavy (non-hydrogen) atoms. The van der Waals surface area contributed by atoms with E-state index in [-0.39, 0.29) is 5.91 Å². The van der Waals surface area contributed by atoms with Crippen LogP contribution in [-0.4, -0.2) is 43.2 Å². The maximum atomic E-state index is 12.3. The summed E-state index contributed by atoms with van der Waals surface area (Å²) < 4.78 is 5.47. The molecule has 1 atom stereocenters. The first kappa shape index (κ1) is 14.9. The molecule has 2 rings (SSSR count). The van der Waals surface area contributed by atoms with Gasteiger partial charge >= 0.3 is 0 Å². The molecule has 0 spiro atoms. The SMILES string of the molecule is CCN(CC)C(=O)c1cccc(NC2CCCOC2)c1. The van der Waals surface area contributed by atoms with Crippen LogP contribution in [0.1, 0.15) is 37.0 Å². The number of benzene rings is 1. The van der Waals surface area contributed by atoms with E-state index < -0.39 is 0 Å². The zero-order valence-electron chi connectivity index (χ0n) is 12.4. The summed E-state index contributed by atoms with van der Waals surface area (Å²) in [6, 6.07) is 8.11. The van der Waals surface area contributed by atoms with Crippen molar-refractivity contribution in [3.8, 4) is 0 Å². The molecule has 4 nitrogen and oxygen atoms in total. The molecular formula is C16H24N2O2. The Morgan fingerprint density at radius 3 is 2.85 bits per heavy atom. The zero-order chi connectivity index (χ0) is 14.4. The van der Waals surface area contributed by atoms with Crippen LogP contribution in [0.15, 0.2) is 24.3 Å². The summed E-state index contributed by atoms with van der Waals surface area (Å²) in [4.78, 5) is 14.2. The molecule has 1 aliphatic rings. The molecular weight excluding hydrogens is 252 g/mol. The Kier molecular flexibility index (Phi) is 5.41. The number of carbonyl (C=O) groups is 1. The van der Waals surface area contributed by atoms with E-state index >= 15 is 0 Å². The van der Waals surface area contributed by atoms with Crippen LogP contribution in [-0.2, 0) is 4.74 Å². The van der Waals surface area contributed by atoms with Crippen LogP contribution in [0, 0.1) is 0 Å². The smallest absolute Gasteiger partial charge is 0.253 e. The van der Waals surface area contributed by atoms with Crippen LogP contribution < -0.4 is 5.32 Å². The summed E-state index contributed by atoms with van der Waals surface area (Å²) in [5.41, 5.74) is 1.74. The summed E-state index contributed by atoms with van der Waals surface area (Å²) in [7, 11) is 0. The van der Waals surface area contributed by atoms with Crippen molar-refractivity contribution in [2.75, 3.05) is 31.6 Å². The van der Waals surface area contributed by atoms with Gasteiger partial charge in [-0.1, -0.05) is 6.07 Å². The number of nitrogens with one attached hydrogen (secondary N) is 1. The quantitative estimate of drug-likeness (QED) is 0.899. The highest BCUT2D eigenvalue weighted by atomic mass is 16.5. The number of nitrogens with zero attached hydrogens (tertiary/aromatic N) is 1. The van der Waals surface area contributed by atoms with E-state index in [9.17, 15) is 4.79 Å². The molecule has 1 fully saturated rings. The largest absolute Gasteiger partial charge is 0.380 e. The second kappa shape index (κ2) is 7.29. The molecule has 0 aliphatic carbocycles. The van der Waals surface area contributed by atoms with Gasteiger partial charge in [-0.15, -0.1) is 0 Å². The number of carbonyl (C=O) groups excluding carboxylic acids is 1. The fourth-order valence-corrected chi connectivity index (χ4v) is 2.53. The van der Waals surface area contributed by atoms with Crippen molar-refractivity contribution in [2.24, 2.45) is 0 Å². The maximum absolute atomic E-state index is 12.3. The van der Waals surface area contributed by atoms with Crippen molar-refractivity contribution >= 4 is 11.6 Å². The van der Waals surface area contributed by atoms with Crippen molar-refractivity contribution in [3.63, 3.8) is 0 Å². The summed E-state index contributed by atoms with van der Waals surface area (Å²) in [5, 5.41) is 3.46. The van der Waals surface area contributed by atoms with Crippen molar-refractivity contribution in [1.82, 2.24) is 4.90 Å². The van der Waals surface area contributed by atoms with Crippen LogP contribution in [0.25, 0.3) is 0 Å². The summed E-state index contributed by atoms with van der Waals surface area (Å²) >= 11 is 0. The van der Waals surface area contributed by atoms with Crippen LogP contribution in [0.3, 0.4) is 0 Å².